The number of carbonyl (C=O) groups excluding carboxylic acids is 1. The van der Waals surface area contributed by atoms with Crippen molar-refractivity contribution in [3.8, 4) is 0 Å². The van der Waals surface area contributed by atoms with Crippen LogP contribution < -0.4 is 11.1 Å². The highest BCUT2D eigenvalue weighted by atomic mass is 35.5. The molecule has 1 aliphatic heterocycles. The van der Waals surface area contributed by atoms with Crippen molar-refractivity contribution in [1.82, 2.24) is 5.32 Å². The fraction of sp³-hybridized carbons (Fsp3) is 0.458. The van der Waals surface area contributed by atoms with Crippen LogP contribution in [0.3, 0.4) is 0 Å². The minimum atomic E-state index is -0.362. The number of halogens is 1. The molecular formula is C24H29ClN2O. The number of hydrogen-bond acceptors (Lipinski definition) is 2. The van der Waals surface area contributed by atoms with Crippen LogP contribution in [0.15, 0.2) is 48.5 Å². The molecule has 2 fully saturated rings. The molecule has 0 bridgehead atoms. The van der Waals surface area contributed by atoms with Gasteiger partial charge < -0.3 is 11.1 Å². The van der Waals surface area contributed by atoms with E-state index >= 15 is 0 Å². The molecule has 4 rings (SSSR count). The van der Waals surface area contributed by atoms with E-state index in [0.717, 1.165) is 24.5 Å². The number of rotatable bonds is 6. The molecule has 2 aliphatic rings. The second-order valence-corrected chi connectivity index (χ2v) is 8.98. The summed E-state index contributed by atoms with van der Waals surface area (Å²) in [5.74, 6) is 0.739. The Hall–Kier alpha value is -1.84. The lowest BCUT2D eigenvalue weighted by Crippen LogP contribution is -2.40. The smallest absolute Gasteiger partial charge is 0.248 e. The van der Waals surface area contributed by atoms with Gasteiger partial charge in [0.05, 0.1) is 0 Å². The van der Waals surface area contributed by atoms with E-state index in [9.17, 15) is 4.79 Å². The van der Waals surface area contributed by atoms with Crippen molar-refractivity contribution in [1.29, 1.82) is 0 Å². The van der Waals surface area contributed by atoms with E-state index in [4.69, 9.17) is 17.3 Å². The van der Waals surface area contributed by atoms with Crippen LogP contribution in [0.25, 0.3) is 0 Å². The van der Waals surface area contributed by atoms with Gasteiger partial charge in [-0.2, -0.15) is 0 Å². The average molecular weight is 397 g/mol. The third kappa shape index (κ3) is 3.97. The van der Waals surface area contributed by atoms with Gasteiger partial charge in [0.25, 0.3) is 0 Å². The van der Waals surface area contributed by atoms with Gasteiger partial charge in [-0.1, -0.05) is 42.3 Å². The number of nitrogens with one attached hydrogen (secondary N) is 1. The fourth-order valence-corrected chi connectivity index (χ4v) is 5.24. The number of piperidine rings is 1. The van der Waals surface area contributed by atoms with E-state index in [1.807, 2.05) is 24.3 Å². The second-order valence-electron chi connectivity index (χ2n) is 8.54. The Labute approximate surface area is 172 Å². The highest BCUT2D eigenvalue weighted by Gasteiger charge is 2.42. The van der Waals surface area contributed by atoms with E-state index in [1.165, 1.54) is 43.2 Å². The molecule has 1 saturated carbocycles. The standard InChI is InChI=1S/C24H29ClN2O/c25-21-10-8-20(9-11-21)24(12-2-13-24)15-22(19-3-1-14-27-16-19)17-4-6-18(7-5-17)23(26)28/h4-11,19,22,27H,1-3,12-16H2,(H2,26,28). The topological polar surface area (TPSA) is 55.1 Å². The summed E-state index contributed by atoms with van der Waals surface area (Å²) < 4.78 is 0. The van der Waals surface area contributed by atoms with Gasteiger partial charge in [-0.3, -0.25) is 4.79 Å². The first kappa shape index (κ1) is 19.5. The van der Waals surface area contributed by atoms with Gasteiger partial charge in [0.1, 0.15) is 0 Å². The molecule has 28 heavy (non-hydrogen) atoms. The Kier molecular flexibility index (Phi) is 5.75. The maximum Gasteiger partial charge on any atom is 0.248 e. The van der Waals surface area contributed by atoms with Crippen LogP contribution in [0.2, 0.25) is 5.02 Å². The van der Waals surface area contributed by atoms with Gasteiger partial charge in [-0.05, 0) is 97.8 Å². The minimum absolute atomic E-state index is 0.245. The number of carbonyl (C=O) groups is 1. The van der Waals surface area contributed by atoms with Crippen molar-refractivity contribution >= 4 is 17.5 Å². The van der Waals surface area contributed by atoms with Crippen molar-refractivity contribution in [2.45, 2.75) is 49.9 Å². The molecule has 2 aromatic carbocycles. The summed E-state index contributed by atoms with van der Waals surface area (Å²) in [6.45, 7) is 2.19. The first-order valence-corrected chi connectivity index (χ1v) is 10.8. The van der Waals surface area contributed by atoms with Crippen LogP contribution in [0.4, 0.5) is 0 Å². The van der Waals surface area contributed by atoms with E-state index in [-0.39, 0.29) is 11.3 Å². The Morgan fingerprint density at radius 2 is 1.82 bits per heavy atom. The van der Waals surface area contributed by atoms with Crippen LogP contribution in [-0.4, -0.2) is 19.0 Å². The first-order valence-electron chi connectivity index (χ1n) is 10.4. The van der Waals surface area contributed by atoms with Gasteiger partial charge >= 0.3 is 0 Å². The SMILES string of the molecule is NC(=O)c1ccc(C(CC2(c3ccc(Cl)cc3)CCC2)C2CCCNC2)cc1. The van der Waals surface area contributed by atoms with Gasteiger partial charge in [0.15, 0.2) is 0 Å². The van der Waals surface area contributed by atoms with Crippen LogP contribution in [0.5, 0.6) is 0 Å². The lowest BCUT2D eigenvalue weighted by Gasteiger charge is -2.47. The molecule has 3 N–H and O–H groups in total. The molecule has 3 nitrogen and oxygen atoms in total. The Morgan fingerprint density at radius 3 is 2.36 bits per heavy atom. The van der Waals surface area contributed by atoms with E-state index in [2.05, 4.69) is 29.6 Å². The summed E-state index contributed by atoms with van der Waals surface area (Å²) in [4.78, 5) is 11.5. The summed E-state index contributed by atoms with van der Waals surface area (Å²) in [5, 5.41) is 4.39. The minimum Gasteiger partial charge on any atom is -0.366 e. The Balaban J connectivity index is 1.64. The summed E-state index contributed by atoms with van der Waals surface area (Å²) >= 11 is 6.14. The van der Waals surface area contributed by atoms with Crippen LogP contribution in [0, 0.1) is 5.92 Å². The lowest BCUT2D eigenvalue weighted by molar-refractivity contribution is 0.1000. The predicted molar refractivity (Wildman–Crippen MR) is 115 cm³/mol. The molecular weight excluding hydrogens is 368 g/mol. The third-order valence-electron chi connectivity index (χ3n) is 6.91. The maximum absolute atomic E-state index is 11.5. The number of amides is 1. The molecule has 2 aromatic rings. The molecule has 4 heteroatoms. The van der Waals surface area contributed by atoms with Gasteiger partial charge in [0.2, 0.25) is 5.91 Å². The average Bonchev–Trinajstić information content (AvgIpc) is 2.69. The van der Waals surface area contributed by atoms with Crippen LogP contribution >= 0.6 is 11.6 Å². The van der Waals surface area contributed by atoms with E-state index < -0.39 is 0 Å². The summed E-state index contributed by atoms with van der Waals surface area (Å²) in [5.41, 5.74) is 9.03. The van der Waals surface area contributed by atoms with Crippen molar-refractivity contribution in [3.05, 3.63) is 70.2 Å². The highest BCUT2D eigenvalue weighted by Crippen LogP contribution is 2.52. The predicted octanol–water partition coefficient (Wildman–Crippen LogP) is 5.03. The molecule has 2 unspecified atom stereocenters. The summed E-state index contributed by atoms with van der Waals surface area (Å²) in [7, 11) is 0. The van der Waals surface area contributed by atoms with Gasteiger partial charge in [-0.15, -0.1) is 0 Å². The molecule has 1 aliphatic carbocycles. The monoisotopic (exact) mass is 396 g/mol. The normalized spacial score (nSPS) is 22.2. The largest absolute Gasteiger partial charge is 0.366 e. The molecule has 0 radical (unpaired) electrons. The van der Waals surface area contributed by atoms with E-state index in [1.54, 1.807) is 0 Å². The zero-order chi connectivity index (χ0) is 19.6. The zero-order valence-electron chi connectivity index (χ0n) is 16.3. The summed E-state index contributed by atoms with van der Waals surface area (Å²) in [6, 6.07) is 16.5. The Morgan fingerprint density at radius 1 is 1.11 bits per heavy atom. The van der Waals surface area contributed by atoms with Crippen LogP contribution in [0.1, 0.15) is 65.9 Å². The number of benzene rings is 2. The van der Waals surface area contributed by atoms with Crippen LogP contribution in [-0.2, 0) is 5.41 Å². The summed E-state index contributed by atoms with van der Waals surface area (Å²) in [6.07, 6.45) is 7.41. The number of nitrogens with two attached hydrogens (primary N) is 1. The molecule has 0 aromatic heterocycles. The molecule has 1 heterocycles. The molecule has 0 spiro atoms. The van der Waals surface area contributed by atoms with E-state index in [0.29, 0.717) is 17.4 Å². The lowest BCUT2D eigenvalue weighted by atomic mass is 9.58. The Bertz CT molecular complexity index is 806. The molecule has 1 saturated heterocycles. The van der Waals surface area contributed by atoms with Crippen molar-refractivity contribution in [2.75, 3.05) is 13.1 Å². The molecule has 2 atom stereocenters. The zero-order valence-corrected chi connectivity index (χ0v) is 17.0. The first-order chi connectivity index (χ1) is 13.6. The van der Waals surface area contributed by atoms with Crippen molar-refractivity contribution in [3.63, 3.8) is 0 Å². The molecule has 1 amide bonds. The third-order valence-corrected chi connectivity index (χ3v) is 7.16. The quantitative estimate of drug-likeness (QED) is 0.719. The fourth-order valence-electron chi connectivity index (χ4n) is 5.11. The van der Waals surface area contributed by atoms with Gasteiger partial charge in [0, 0.05) is 10.6 Å². The number of primary amides is 1. The maximum atomic E-state index is 11.5. The second kappa shape index (κ2) is 8.26. The highest BCUT2D eigenvalue weighted by molar-refractivity contribution is 6.30. The van der Waals surface area contributed by atoms with Crippen molar-refractivity contribution in [2.24, 2.45) is 11.7 Å². The molecule has 148 valence electrons. The van der Waals surface area contributed by atoms with Gasteiger partial charge in [-0.25, -0.2) is 0 Å². The number of hydrogen-bond donors (Lipinski definition) is 2. The van der Waals surface area contributed by atoms with Crippen molar-refractivity contribution < 1.29 is 4.79 Å².